The summed E-state index contributed by atoms with van der Waals surface area (Å²) in [6.45, 7) is 11.4. The number of rotatable bonds is 5. The molecule has 5 rings (SSSR count). The number of carbonyl (C=O) groups excluding carboxylic acids is 1. The Morgan fingerprint density at radius 3 is 2.38 bits per heavy atom. The topological polar surface area (TPSA) is 80.7 Å². The van der Waals surface area contributed by atoms with E-state index in [1.54, 1.807) is 11.1 Å². The molecule has 9 nitrogen and oxygen atoms in total. The third-order valence-corrected chi connectivity index (χ3v) is 7.32. The molecule has 1 saturated heterocycles. The number of fused-ring (bicyclic) bond motifs is 2. The van der Waals surface area contributed by atoms with Gasteiger partial charge in [0, 0.05) is 50.6 Å². The Morgan fingerprint density at radius 1 is 1.00 bits per heavy atom. The van der Waals surface area contributed by atoms with E-state index in [0.717, 1.165) is 41.9 Å². The number of benzene rings is 1. The van der Waals surface area contributed by atoms with E-state index in [1.807, 2.05) is 13.8 Å². The quantitative estimate of drug-likeness (QED) is 0.592. The first-order chi connectivity index (χ1) is 16.5. The maximum Gasteiger partial charge on any atom is 0.280 e. The SMILES string of the molecule is CCN1C(=O)c2nc(C)sc2N(CC)c2nc(Nc3ccc(N4CCN(C)CC4)cc3)ncc21. The first-order valence-corrected chi connectivity index (χ1v) is 12.5. The van der Waals surface area contributed by atoms with Gasteiger partial charge in [-0.05, 0) is 52.1 Å². The van der Waals surface area contributed by atoms with E-state index in [4.69, 9.17) is 4.98 Å². The van der Waals surface area contributed by atoms with Crippen molar-refractivity contribution < 1.29 is 4.79 Å². The highest BCUT2D eigenvalue weighted by Crippen LogP contribution is 2.42. The molecule has 2 aromatic heterocycles. The van der Waals surface area contributed by atoms with Crippen LogP contribution in [0.5, 0.6) is 0 Å². The van der Waals surface area contributed by atoms with Gasteiger partial charge in [-0.1, -0.05) is 0 Å². The van der Waals surface area contributed by atoms with Gasteiger partial charge in [-0.3, -0.25) is 4.79 Å². The van der Waals surface area contributed by atoms with Crippen molar-refractivity contribution in [1.29, 1.82) is 0 Å². The average Bonchev–Trinajstić information content (AvgIpc) is 3.20. The summed E-state index contributed by atoms with van der Waals surface area (Å²) >= 11 is 1.52. The fourth-order valence-corrected chi connectivity index (χ4v) is 5.42. The Balaban J connectivity index is 1.43. The van der Waals surface area contributed by atoms with Crippen LogP contribution in [0.15, 0.2) is 30.5 Å². The molecule has 10 heteroatoms. The van der Waals surface area contributed by atoms with Crippen LogP contribution in [0, 0.1) is 6.92 Å². The molecule has 0 atom stereocenters. The van der Waals surface area contributed by atoms with Crippen LogP contribution < -0.4 is 20.0 Å². The molecule has 0 radical (unpaired) electrons. The summed E-state index contributed by atoms with van der Waals surface area (Å²) in [6.07, 6.45) is 1.73. The fraction of sp³-hybridized carbons (Fsp3) is 0.417. The summed E-state index contributed by atoms with van der Waals surface area (Å²) in [7, 11) is 2.16. The fourth-order valence-electron chi connectivity index (χ4n) is 4.44. The number of aromatic nitrogens is 3. The number of hydrogen-bond donors (Lipinski definition) is 1. The summed E-state index contributed by atoms with van der Waals surface area (Å²) in [6, 6.07) is 8.40. The van der Waals surface area contributed by atoms with Crippen LogP contribution in [0.2, 0.25) is 0 Å². The molecule has 3 aromatic rings. The number of hydrogen-bond acceptors (Lipinski definition) is 9. The normalized spacial score (nSPS) is 16.4. The van der Waals surface area contributed by atoms with E-state index in [0.29, 0.717) is 36.2 Å². The molecule has 0 spiro atoms. The van der Waals surface area contributed by atoms with E-state index < -0.39 is 0 Å². The third-order valence-electron chi connectivity index (χ3n) is 6.33. The van der Waals surface area contributed by atoms with Crippen molar-refractivity contribution in [3.05, 3.63) is 41.2 Å². The number of piperazine rings is 1. The van der Waals surface area contributed by atoms with E-state index in [9.17, 15) is 4.79 Å². The Kier molecular flexibility index (Phi) is 6.09. The Hall–Kier alpha value is -3.24. The first kappa shape index (κ1) is 22.5. The van der Waals surface area contributed by atoms with Crippen molar-refractivity contribution in [3.8, 4) is 0 Å². The highest BCUT2D eigenvalue weighted by Gasteiger charge is 2.34. The largest absolute Gasteiger partial charge is 0.369 e. The zero-order chi connectivity index (χ0) is 23.8. The van der Waals surface area contributed by atoms with Gasteiger partial charge in [0.1, 0.15) is 10.7 Å². The number of anilines is 6. The lowest BCUT2D eigenvalue weighted by atomic mass is 10.2. The predicted octanol–water partition coefficient (Wildman–Crippen LogP) is 3.88. The lowest BCUT2D eigenvalue weighted by Gasteiger charge is -2.34. The highest BCUT2D eigenvalue weighted by atomic mass is 32.1. The summed E-state index contributed by atoms with van der Waals surface area (Å²) in [5, 5.41) is 5.04. The van der Waals surface area contributed by atoms with Crippen molar-refractivity contribution in [1.82, 2.24) is 19.9 Å². The number of nitrogens with zero attached hydrogens (tertiary/aromatic N) is 7. The van der Waals surface area contributed by atoms with Gasteiger partial charge < -0.3 is 24.9 Å². The number of nitrogens with one attached hydrogen (secondary N) is 1. The second kappa shape index (κ2) is 9.19. The molecule has 1 aromatic carbocycles. The van der Waals surface area contributed by atoms with Gasteiger partial charge in [0.25, 0.3) is 5.91 Å². The molecule has 0 saturated carbocycles. The standard InChI is InChI=1S/C24H30N8OS/c1-5-31-19-15-25-24(27-17-7-9-18(10-8-17)30-13-11-29(4)12-14-30)28-21(19)32(6-2)23-20(22(31)33)26-16(3)34-23/h7-10,15H,5-6,11-14H2,1-4H3,(H,25,27,28). The zero-order valence-corrected chi connectivity index (χ0v) is 20.9. The molecule has 2 aliphatic rings. The van der Waals surface area contributed by atoms with E-state index in [1.165, 1.54) is 17.0 Å². The van der Waals surface area contributed by atoms with Crippen molar-refractivity contribution in [2.24, 2.45) is 0 Å². The minimum absolute atomic E-state index is 0.108. The average molecular weight is 479 g/mol. The molecule has 0 aliphatic carbocycles. The molecule has 0 bridgehead atoms. The molecule has 178 valence electrons. The van der Waals surface area contributed by atoms with Gasteiger partial charge in [0.15, 0.2) is 11.5 Å². The van der Waals surface area contributed by atoms with Gasteiger partial charge in [-0.2, -0.15) is 4.98 Å². The number of likely N-dealkylation sites (N-methyl/N-ethyl adjacent to an activating group) is 1. The van der Waals surface area contributed by atoms with Gasteiger partial charge in [-0.25, -0.2) is 9.97 Å². The van der Waals surface area contributed by atoms with Crippen LogP contribution in [-0.2, 0) is 0 Å². The van der Waals surface area contributed by atoms with Crippen molar-refractivity contribution in [2.45, 2.75) is 20.8 Å². The second-order valence-electron chi connectivity index (χ2n) is 8.54. The summed E-state index contributed by atoms with van der Waals surface area (Å²) in [4.78, 5) is 35.7. The molecular weight excluding hydrogens is 448 g/mol. The van der Waals surface area contributed by atoms with Crippen LogP contribution in [0.3, 0.4) is 0 Å². The zero-order valence-electron chi connectivity index (χ0n) is 20.1. The lowest BCUT2D eigenvalue weighted by Crippen LogP contribution is -2.44. The van der Waals surface area contributed by atoms with Crippen LogP contribution in [0.1, 0.15) is 29.3 Å². The van der Waals surface area contributed by atoms with Gasteiger partial charge in [-0.15, -0.1) is 11.3 Å². The molecule has 2 aliphatic heterocycles. The van der Waals surface area contributed by atoms with Crippen molar-refractivity contribution in [2.75, 3.05) is 66.3 Å². The molecule has 1 amide bonds. The minimum Gasteiger partial charge on any atom is -0.369 e. The predicted molar refractivity (Wildman–Crippen MR) is 138 cm³/mol. The van der Waals surface area contributed by atoms with E-state index >= 15 is 0 Å². The van der Waals surface area contributed by atoms with E-state index in [-0.39, 0.29) is 5.91 Å². The molecule has 1 fully saturated rings. The number of amides is 1. The maximum absolute atomic E-state index is 13.2. The molecule has 1 N–H and O–H groups in total. The van der Waals surface area contributed by atoms with Crippen LogP contribution in [0.4, 0.5) is 33.8 Å². The molecular formula is C24H30N8OS. The Labute approximate surface area is 204 Å². The number of thiazole rings is 1. The highest BCUT2D eigenvalue weighted by molar-refractivity contribution is 7.16. The third kappa shape index (κ3) is 4.07. The maximum atomic E-state index is 13.2. The summed E-state index contributed by atoms with van der Waals surface area (Å²) in [5.74, 6) is 1.10. The van der Waals surface area contributed by atoms with E-state index in [2.05, 4.69) is 68.2 Å². The second-order valence-corrected chi connectivity index (χ2v) is 9.73. The minimum atomic E-state index is -0.108. The Morgan fingerprint density at radius 2 is 1.71 bits per heavy atom. The molecule has 0 unspecified atom stereocenters. The Bertz CT molecular complexity index is 1190. The molecule has 4 heterocycles. The number of aryl methyl sites for hydroxylation is 1. The lowest BCUT2D eigenvalue weighted by molar-refractivity contribution is 0.0985. The van der Waals surface area contributed by atoms with Crippen molar-refractivity contribution >= 4 is 51.1 Å². The monoisotopic (exact) mass is 478 g/mol. The molecule has 34 heavy (non-hydrogen) atoms. The van der Waals surface area contributed by atoms with Crippen LogP contribution in [-0.4, -0.2) is 72.1 Å². The smallest absolute Gasteiger partial charge is 0.280 e. The summed E-state index contributed by atoms with van der Waals surface area (Å²) < 4.78 is 0. The van der Waals surface area contributed by atoms with Crippen LogP contribution >= 0.6 is 11.3 Å². The van der Waals surface area contributed by atoms with Crippen LogP contribution in [0.25, 0.3) is 0 Å². The first-order valence-electron chi connectivity index (χ1n) is 11.7. The van der Waals surface area contributed by atoms with Gasteiger partial charge in [0.2, 0.25) is 5.95 Å². The summed E-state index contributed by atoms with van der Waals surface area (Å²) in [5.41, 5.74) is 3.34. The van der Waals surface area contributed by atoms with Gasteiger partial charge in [0.05, 0.1) is 11.2 Å². The van der Waals surface area contributed by atoms with Crippen molar-refractivity contribution in [3.63, 3.8) is 0 Å². The van der Waals surface area contributed by atoms with Gasteiger partial charge >= 0.3 is 0 Å². The number of carbonyl (C=O) groups is 1.